The number of rotatable bonds is 5. The third-order valence-electron chi connectivity index (χ3n) is 2.36. The molecular formula is C8H31B4NO13. The summed E-state index contributed by atoms with van der Waals surface area (Å²) in [6.45, 7) is 8.83. The number of quaternary nitrogens is 1. The molecule has 0 aliphatic carbocycles. The van der Waals surface area contributed by atoms with E-state index < -0.39 is 29.3 Å². The maximum atomic E-state index is 8.64. The van der Waals surface area contributed by atoms with Crippen molar-refractivity contribution in [2.24, 2.45) is 0 Å². The first-order valence-corrected chi connectivity index (χ1v) is 7.08. The SMILES string of the molecule is CC[N+](C)(CC)CCOC.OB(O)O.OB(O)O.OB(O)O.[O-]B(O)O. The Labute approximate surface area is 154 Å². The molecule has 14 nitrogen and oxygen atoms in total. The Morgan fingerprint density at radius 3 is 1.04 bits per heavy atom. The zero-order chi connectivity index (χ0) is 22.3. The summed E-state index contributed by atoms with van der Waals surface area (Å²) in [5, 5.41) is 87.2. The molecule has 158 valence electrons. The lowest BCUT2D eigenvalue weighted by Gasteiger charge is -2.31. The summed E-state index contributed by atoms with van der Waals surface area (Å²) >= 11 is 0. The van der Waals surface area contributed by atoms with Crippen LogP contribution in [0.4, 0.5) is 0 Å². The molecular weight excluding hydrogens is 361 g/mol. The predicted octanol–water partition coefficient (Wildman–Crippen LogP) is -7.72. The second-order valence-corrected chi connectivity index (χ2v) is 4.33. The van der Waals surface area contributed by atoms with Crippen molar-refractivity contribution in [3.05, 3.63) is 0 Å². The molecule has 0 atom stereocenters. The summed E-state index contributed by atoms with van der Waals surface area (Å²) < 4.78 is 6.14. The van der Waals surface area contributed by atoms with Gasteiger partial charge in [0.25, 0.3) is 0 Å². The Morgan fingerprint density at radius 1 is 0.731 bits per heavy atom. The van der Waals surface area contributed by atoms with Gasteiger partial charge in [-0.1, -0.05) is 0 Å². The maximum Gasteiger partial charge on any atom is 0.631 e. The number of methoxy groups -OCH3 is 1. The van der Waals surface area contributed by atoms with E-state index in [0.29, 0.717) is 0 Å². The first kappa shape index (κ1) is 36.6. The highest BCUT2D eigenvalue weighted by molar-refractivity contribution is 6.31. The van der Waals surface area contributed by atoms with E-state index in [1.807, 2.05) is 0 Å². The Kier molecular flexibility index (Phi) is 37.9. The van der Waals surface area contributed by atoms with Crippen LogP contribution in [0, 0.1) is 0 Å². The number of nitrogens with zero attached hydrogens (tertiary/aromatic N) is 1. The van der Waals surface area contributed by atoms with Crippen LogP contribution in [0.1, 0.15) is 13.8 Å². The first-order valence-electron chi connectivity index (χ1n) is 7.08. The van der Waals surface area contributed by atoms with Gasteiger partial charge in [-0.2, -0.15) is 0 Å². The van der Waals surface area contributed by atoms with Crippen molar-refractivity contribution in [2.75, 3.05) is 40.4 Å². The van der Waals surface area contributed by atoms with Crippen LogP contribution in [0.2, 0.25) is 0 Å². The molecule has 0 aromatic heterocycles. The molecule has 0 unspecified atom stereocenters. The molecule has 0 saturated carbocycles. The molecule has 0 aromatic rings. The largest absolute Gasteiger partial charge is 0.832 e. The van der Waals surface area contributed by atoms with Gasteiger partial charge in [-0.25, -0.2) is 0 Å². The van der Waals surface area contributed by atoms with Crippen LogP contribution in [0.25, 0.3) is 0 Å². The van der Waals surface area contributed by atoms with Crippen LogP contribution in [0.15, 0.2) is 0 Å². The van der Waals surface area contributed by atoms with E-state index in [1.54, 1.807) is 7.11 Å². The molecule has 0 bridgehead atoms. The normalized spacial score (nSPS) is 8.77. The van der Waals surface area contributed by atoms with Crippen molar-refractivity contribution in [1.82, 2.24) is 0 Å². The van der Waals surface area contributed by atoms with E-state index in [1.165, 1.54) is 13.1 Å². The second-order valence-electron chi connectivity index (χ2n) is 4.33. The Morgan fingerprint density at radius 2 is 0.923 bits per heavy atom. The highest BCUT2D eigenvalue weighted by Crippen LogP contribution is 1.99. The van der Waals surface area contributed by atoms with E-state index in [9.17, 15) is 0 Å². The van der Waals surface area contributed by atoms with Crippen LogP contribution < -0.4 is 5.02 Å². The van der Waals surface area contributed by atoms with Gasteiger partial charge in [-0.3, -0.25) is 0 Å². The van der Waals surface area contributed by atoms with Crippen molar-refractivity contribution in [3.63, 3.8) is 0 Å². The van der Waals surface area contributed by atoms with E-state index in [0.717, 1.165) is 17.6 Å². The Hall–Kier alpha value is -0.300. The van der Waals surface area contributed by atoms with Gasteiger partial charge in [0.2, 0.25) is 0 Å². The summed E-state index contributed by atoms with van der Waals surface area (Å²) in [5.41, 5.74) is 0. The van der Waals surface area contributed by atoms with E-state index in [4.69, 9.17) is 65.0 Å². The van der Waals surface area contributed by atoms with Crippen LogP contribution >= 0.6 is 0 Å². The van der Waals surface area contributed by atoms with E-state index in [2.05, 4.69) is 20.9 Å². The third-order valence-corrected chi connectivity index (χ3v) is 2.36. The minimum absolute atomic E-state index is 0.873. The van der Waals surface area contributed by atoms with Crippen molar-refractivity contribution in [3.8, 4) is 0 Å². The Bertz CT molecular complexity index is 201. The van der Waals surface area contributed by atoms with Crippen molar-refractivity contribution in [2.45, 2.75) is 13.8 Å². The quantitative estimate of drug-likeness (QED) is 0.154. The zero-order valence-electron chi connectivity index (χ0n) is 15.3. The summed E-state index contributed by atoms with van der Waals surface area (Å²) in [7, 11) is -4.89. The summed E-state index contributed by atoms with van der Waals surface area (Å²) in [6, 6.07) is 0. The molecule has 0 aliphatic heterocycles. The van der Waals surface area contributed by atoms with Crippen LogP contribution in [0.5, 0.6) is 0 Å². The van der Waals surface area contributed by atoms with Crippen LogP contribution in [-0.2, 0) is 4.74 Å². The maximum absolute atomic E-state index is 8.64. The minimum Gasteiger partial charge on any atom is -0.832 e. The zero-order valence-corrected chi connectivity index (χ0v) is 15.3. The van der Waals surface area contributed by atoms with Crippen molar-refractivity contribution >= 4 is 29.3 Å². The number of likely N-dealkylation sites (N-methyl/N-ethyl adjacent to an activating group) is 1. The smallest absolute Gasteiger partial charge is 0.631 e. The van der Waals surface area contributed by atoms with Crippen molar-refractivity contribution < 1.29 is 69.5 Å². The first-order chi connectivity index (χ1) is 11.6. The molecule has 0 fully saturated rings. The van der Waals surface area contributed by atoms with Gasteiger partial charge in [0.05, 0.1) is 26.7 Å². The number of ether oxygens (including phenoxy) is 1. The minimum atomic E-state index is -2.42. The standard InChI is InChI=1S/C8H20NO.3BH3O3.BH2O3/c1-5-9(3,6-2)7-8-10-4;4*2-1(3)4/h5-8H2,1-4H3;3*2-4H;2-3H/q+1;;;;-1. The highest BCUT2D eigenvalue weighted by atomic mass is 16.5. The van der Waals surface area contributed by atoms with E-state index in [-0.39, 0.29) is 0 Å². The molecule has 0 heterocycles. The van der Waals surface area contributed by atoms with Gasteiger partial charge in [0.1, 0.15) is 6.54 Å². The van der Waals surface area contributed by atoms with Crippen LogP contribution in [0.3, 0.4) is 0 Å². The molecule has 0 aliphatic rings. The Balaban J connectivity index is -0.0000000776. The summed E-state index contributed by atoms with van der Waals surface area (Å²) in [5.74, 6) is 0. The summed E-state index contributed by atoms with van der Waals surface area (Å²) in [4.78, 5) is 0. The molecule has 18 heteroatoms. The fourth-order valence-corrected chi connectivity index (χ4v) is 0.852. The predicted molar refractivity (Wildman–Crippen MR) is 91.4 cm³/mol. The van der Waals surface area contributed by atoms with Gasteiger partial charge >= 0.3 is 29.3 Å². The highest BCUT2D eigenvalue weighted by Gasteiger charge is 2.14. The van der Waals surface area contributed by atoms with Gasteiger partial charge < -0.3 is 69.5 Å². The molecule has 0 rings (SSSR count). The van der Waals surface area contributed by atoms with Crippen molar-refractivity contribution in [1.29, 1.82) is 0 Å². The third kappa shape index (κ3) is 107. The lowest BCUT2D eigenvalue weighted by molar-refractivity contribution is -0.906. The second kappa shape index (κ2) is 26.9. The fourth-order valence-electron chi connectivity index (χ4n) is 0.852. The number of hydrogen-bond donors (Lipinski definition) is 11. The topological polar surface area (TPSA) is 255 Å². The van der Waals surface area contributed by atoms with Crippen LogP contribution in [-0.4, -0.2) is 129 Å². The summed E-state index contributed by atoms with van der Waals surface area (Å²) in [6.07, 6.45) is 0. The average molecular weight is 393 g/mol. The molecule has 26 heavy (non-hydrogen) atoms. The lowest BCUT2D eigenvalue weighted by atomic mass is 10.3. The molecule has 0 amide bonds. The van der Waals surface area contributed by atoms with Gasteiger partial charge in [0, 0.05) is 7.11 Å². The van der Waals surface area contributed by atoms with Gasteiger partial charge in [0.15, 0.2) is 0 Å². The molecule has 11 N–H and O–H groups in total. The molecule has 0 aromatic carbocycles. The molecule has 0 spiro atoms. The lowest BCUT2D eigenvalue weighted by Crippen LogP contribution is -2.45. The average Bonchev–Trinajstić information content (AvgIpc) is 2.42. The van der Waals surface area contributed by atoms with E-state index >= 15 is 0 Å². The van der Waals surface area contributed by atoms with Gasteiger partial charge in [-0.05, 0) is 13.8 Å². The fraction of sp³-hybridized carbons (Fsp3) is 1.00. The van der Waals surface area contributed by atoms with Gasteiger partial charge in [-0.15, -0.1) is 0 Å². The monoisotopic (exact) mass is 393 g/mol. The number of hydrogen-bond acceptors (Lipinski definition) is 13. The molecule has 0 saturated heterocycles. The molecule has 0 radical (unpaired) electrons.